The fourth-order valence-corrected chi connectivity index (χ4v) is 2.86. The van der Waals surface area contributed by atoms with Crippen molar-refractivity contribution in [1.82, 2.24) is 20.4 Å². The van der Waals surface area contributed by atoms with E-state index in [2.05, 4.69) is 21.0 Å². The molecule has 4 N–H and O–H groups in total. The number of carbonyl (C=O) groups is 3. The SMILES string of the molecule is O=C(O)NCCNc1cccc2cnn(C3CCC(=O)NC3=O)c(=O)c12. The number of rotatable bonds is 5. The summed E-state index contributed by atoms with van der Waals surface area (Å²) in [6, 6.07) is 4.32. The van der Waals surface area contributed by atoms with Crippen LogP contribution in [0.25, 0.3) is 10.8 Å². The summed E-state index contributed by atoms with van der Waals surface area (Å²) in [6.07, 6.45) is 0.709. The standard InChI is InChI=1S/C16H17N5O5/c22-12-5-4-11(14(23)20-12)21-15(24)13-9(8-19-21)2-1-3-10(13)17-6-7-18-16(25)26/h1-3,8,11,17-18H,4-7H2,(H,25,26)(H,20,22,23). The third kappa shape index (κ3) is 3.48. The van der Waals surface area contributed by atoms with Crippen LogP contribution in [0.1, 0.15) is 18.9 Å². The topological polar surface area (TPSA) is 142 Å². The summed E-state index contributed by atoms with van der Waals surface area (Å²) in [5.74, 6) is -0.917. The van der Waals surface area contributed by atoms with Gasteiger partial charge < -0.3 is 15.7 Å². The fraction of sp³-hybridized carbons (Fsp3) is 0.312. The van der Waals surface area contributed by atoms with Crippen molar-refractivity contribution in [2.24, 2.45) is 0 Å². The Morgan fingerprint density at radius 2 is 2.12 bits per heavy atom. The van der Waals surface area contributed by atoms with Crippen molar-refractivity contribution in [3.05, 3.63) is 34.7 Å². The highest BCUT2D eigenvalue weighted by Gasteiger charge is 2.30. The van der Waals surface area contributed by atoms with Crippen LogP contribution in [-0.2, 0) is 9.59 Å². The lowest BCUT2D eigenvalue weighted by Crippen LogP contribution is -2.45. The van der Waals surface area contributed by atoms with Gasteiger partial charge in [-0.05, 0) is 12.5 Å². The lowest BCUT2D eigenvalue weighted by atomic mass is 10.1. The molecule has 136 valence electrons. The van der Waals surface area contributed by atoms with E-state index in [9.17, 15) is 19.2 Å². The van der Waals surface area contributed by atoms with Gasteiger partial charge in [0.2, 0.25) is 5.91 Å². The maximum absolute atomic E-state index is 12.9. The van der Waals surface area contributed by atoms with Gasteiger partial charge in [-0.2, -0.15) is 5.10 Å². The lowest BCUT2D eigenvalue weighted by molar-refractivity contribution is -0.136. The summed E-state index contributed by atoms with van der Waals surface area (Å²) in [7, 11) is 0. The minimum Gasteiger partial charge on any atom is -0.465 e. The van der Waals surface area contributed by atoms with Crippen LogP contribution in [0.5, 0.6) is 0 Å². The Morgan fingerprint density at radius 3 is 2.85 bits per heavy atom. The molecule has 1 unspecified atom stereocenters. The Labute approximate surface area is 147 Å². The average Bonchev–Trinajstić information content (AvgIpc) is 2.59. The Morgan fingerprint density at radius 1 is 1.31 bits per heavy atom. The van der Waals surface area contributed by atoms with Gasteiger partial charge in [0.05, 0.1) is 11.6 Å². The van der Waals surface area contributed by atoms with E-state index < -0.39 is 23.6 Å². The van der Waals surface area contributed by atoms with Crippen molar-refractivity contribution >= 4 is 34.4 Å². The van der Waals surface area contributed by atoms with E-state index in [1.807, 2.05) is 0 Å². The molecule has 10 nitrogen and oxygen atoms in total. The van der Waals surface area contributed by atoms with Crippen LogP contribution < -0.4 is 21.5 Å². The number of hydrogen-bond donors (Lipinski definition) is 4. The molecule has 0 radical (unpaired) electrons. The Balaban J connectivity index is 1.93. The summed E-state index contributed by atoms with van der Waals surface area (Å²) < 4.78 is 1.09. The van der Waals surface area contributed by atoms with E-state index in [4.69, 9.17) is 5.11 Å². The van der Waals surface area contributed by atoms with E-state index in [1.165, 1.54) is 6.20 Å². The molecule has 1 aliphatic rings. The van der Waals surface area contributed by atoms with Gasteiger partial charge in [0.1, 0.15) is 6.04 Å². The highest BCUT2D eigenvalue weighted by molar-refractivity contribution is 5.99. The highest BCUT2D eigenvalue weighted by Crippen LogP contribution is 2.21. The molecule has 1 saturated heterocycles. The second-order valence-corrected chi connectivity index (χ2v) is 5.79. The van der Waals surface area contributed by atoms with E-state index in [0.29, 0.717) is 16.5 Å². The summed E-state index contributed by atoms with van der Waals surface area (Å²) in [6.45, 7) is 0.448. The number of nitrogens with zero attached hydrogens (tertiary/aromatic N) is 2. The largest absolute Gasteiger partial charge is 0.465 e. The molecule has 0 saturated carbocycles. The third-order valence-electron chi connectivity index (χ3n) is 4.06. The predicted molar refractivity (Wildman–Crippen MR) is 91.9 cm³/mol. The van der Waals surface area contributed by atoms with Gasteiger partial charge in [-0.25, -0.2) is 9.48 Å². The average molecular weight is 359 g/mol. The molecule has 2 heterocycles. The molecule has 3 amide bonds. The first kappa shape index (κ1) is 17.4. The molecular weight excluding hydrogens is 342 g/mol. The van der Waals surface area contributed by atoms with Crippen molar-refractivity contribution in [3.8, 4) is 0 Å². The maximum Gasteiger partial charge on any atom is 0.404 e. The Hall–Kier alpha value is -3.43. The number of imide groups is 1. The quantitative estimate of drug-likeness (QED) is 0.436. The number of anilines is 1. The number of carboxylic acid groups (broad SMARTS) is 1. The molecular formula is C16H17N5O5. The molecule has 1 aromatic carbocycles. The highest BCUT2D eigenvalue weighted by atomic mass is 16.4. The van der Waals surface area contributed by atoms with Gasteiger partial charge in [-0.3, -0.25) is 19.7 Å². The van der Waals surface area contributed by atoms with Crippen LogP contribution in [0.3, 0.4) is 0 Å². The van der Waals surface area contributed by atoms with Crippen LogP contribution in [-0.4, -0.2) is 45.9 Å². The van der Waals surface area contributed by atoms with Gasteiger partial charge in [-0.15, -0.1) is 0 Å². The molecule has 0 spiro atoms. The first-order valence-corrected chi connectivity index (χ1v) is 8.02. The normalized spacial score (nSPS) is 17.0. The summed E-state index contributed by atoms with van der Waals surface area (Å²) >= 11 is 0. The van der Waals surface area contributed by atoms with Crippen molar-refractivity contribution in [3.63, 3.8) is 0 Å². The van der Waals surface area contributed by atoms with E-state index in [-0.39, 0.29) is 31.8 Å². The lowest BCUT2D eigenvalue weighted by Gasteiger charge is -2.22. The van der Waals surface area contributed by atoms with Gasteiger partial charge >= 0.3 is 6.09 Å². The van der Waals surface area contributed by atoms with Crippen molar-refractivity contribution < 1.29 is 19.5 Å². The molecule has 1 fully saturated rings. The predicted octanol–water partition coefficient (Wildman–Crippen LogP) is 0.0537. The van der Waals surface area contributed by atoms with Crippen molar-refractivity contribution in [2.75, 3.05) is 18.4 Å². The van der Waals surface area contributed by atoms with Crippen LogP contribution >= 0.6 is 0 Å². The van der Waals surface area contributed by atoms with Crippen LogP contribution in [0.15, 0.2) is 29.2 Å². The fourth-order valence-electron chi connectivity index (χ4n) is 2.86. The summed E-state index contributed by atoms with van der Waals surface area (Å²) in [5.41, 5.74) is 0.0643. The number of amides is 3. The summed E-state index contributed by atoms with van der Waals surface area (Å²) in [5, 5.41) is 21.1. The zero-order chi connectivity index (χ0) is 18.7. The molecule has 1 aliphatic heterocycles. The molecule has 2 aromatic rings. The minimum atomic E-state index is -1.13. The molecule has 3 rings (SSSR count). The number of piperidine rings is 1. The molecule has 0 bridgehead atoms. The molecule has 10 heteroatoms. The molecule has 1 aromatic heterocycles. The number of aromatic nitrogens is 2. The zero-order valence-electron chi connectivity index (χ0n) is 13.7. The van der Waals surface area contributed by atoms with Crippen LogP contribution in [0.4, 0.5) is 10.5 Å². The number of carbonyl (C=O) groups excluding carboxylic acids is 2. The van der Waals surface area contributed by atoms with Crippen molar-refractivity contribution in [1.29, 1.82) is 0 Å². The second-order valence-electron chi connectivity index (χ2n) is 5.79. The van der Waals surface area contributed by atoms with E-state index >= 15 is 0 Å². The molecule has 1 atom stereocenters. The summed E-state index contributed by atoms with van der Waals surface area (Å²) in [4.78, 5) is 46.7. The number of fused-ring (bicyclic) bond motifs is 1. The van der Waals surface area contributed by atoms with Crippen molar-refractivity contribution in [2.45, 2.75) is 18.9 Å². The monoisotopic (exact) mass is 359 g/mol. The molecule has 0 aliphatic carbocycles. The number of hydrogen-bond acceptors (Lipinski definition) is 6. The van der Waals surface area contributed by atoms with Crippen LogP contribution in [0, 0.1) is 0 Å². The maximum atomic E-state index is 12.9. The van der Waals surface area contributed by atoms with Gasteiger partial charge in [0, 0.05) is 30.6 Å². The number of benzene rings is 1. The van der Waals surface area contributed by atoms with Gasteiger partial charge in [-0.1, -0.05) is 12.1 Å². The molecule has 26 heavy (non-hydrogen) atoms. The third-order valence-corrected chi connectivity index (χ3v) is 4.06. The number of nitrogens with one attached hydrogen (secondary N) is 3. The van der Waals surface area contributed by atoms with Crippen LogP contribution in [0.2, 0.25) is 0 Å². The minimum absolute atomic E-state index is 0.142. The Kier molecular flexibility index (Phi) is 4.83. The first-order valence-electron chi connectivity index (χ1n) is 8.02. The first-order chi connectivity index (χ1) is 12.5. The second kappa shape index (κ2) is 7.21. The van der Waals surface area contributed by atoms with Gasteiger partial charge in [0.15, 0.2) is 0 Å². The van der Waals surface area contributed by atoms with Gasteiger partial charge in [0.25, 0.3) is 11.5 Å². The zero-order valence-corrected chi connectivity index (χ0v) is 13.7. The van der Waals surface area contributed by atoms with E-state index in [0.717, 1.165) is 4.68 Å². The Bertz CT molecular complexity index is 938. The van der Waals surface area contributed by atoms with E-state index in [1.54, 1.807) is 18.2 Å². The smallest absolute Gasteiger partial charge is 0.404 e.